The highest BCUT2D eigenvalue weighted by atomic mass is 16.2. The molecule has 0 saturated carbocycles. The molecule has 0 radical (unpaired) electrons. The second kappa shape index (κ2) is 3.58. The van der Waals surface area contributed by atoms with Crippen molar-refractivity contribution in [3.8, 4) is 0 Å². The lowest BCUT2D eigenvalue weighted by molar-refractivity contribution is 0.0717. The molecular formula is C16H15NO. The second-order valence-corrected chi connectivity index (χ2v) is 5.32. The minimum absolute atomic E-state index is 0.246. The molecule has 0 spiro atoms. The van der Waals surface area contributed by atoms with Gasteiger partial charge in [-0.15, -0.1) is 0 Å². The Kier molecular flexibility index (Phi) is 2.01. The number of fused-ring (bicyclic) bond motifs is 4. The SMILES string of the molecule is O=C1c2c(ccc3ccccc23)C[C@H]2CCCN12. The van der Waals surface area contributed by atoms with E-state index in [1.54, 1.807) is 0 Å². The Morgan fingerprint density at radius 2 is 2.00 bits per heavy atom. The maximum Gasteiger partial charge on any atom is 0.255 e. The van der Waals surface area contributed by atoms with Crippen LogP contribution in [0.2, 0.25) is 0 Å². The minimum Gasteiger partial charge on any atom is -0.335 e. The van der Waals surface area contributed by atoms with E-state index < -0.39 is 0 Å². The van der Waals surface area contributed by atoms with Gasteiger partial charge < -0.3 is 4.90 Å². The van der Waals surface area contributed by atoms with Crippen molar-refractivity contribution in [1.82, 2.24) is 4.90 Å². The molecule has 0 unspecified atom stereocenters. The zero-order valence-electron chi connectivity index (χ0n) is 10.2. The summed E-state index contributed by atoms with van der Waals surface area (Å²) in [6, 6.07) is 12.9. The van der Waals surface area contributed by atoms with E-state index >= 15 is 0 Å². The van der Waals surface area contributed by atoms with Crippen LogP contribution in [-0.4, -0.2) is 23.4 Å². The molecule has 18 heavy (non-hydrogen) atoms. The molecule has 0 aromatic heterocycles. The van der Waals surface area contributed by atoms with Crippen molar-refractivity contribution in [3.05, 3.63) is 47.5 Å². The molecule has 90 valence electrons. The normalized spacial score (nSPS) is 22.1. The van der Waals surface area contributed by atoms with E-state index in [0.717, 1.165) is 36.8 Å². The first-order chi connectivity index (χ1) is 8.84. The summed E-state index contributed by atoms with van der Waals surface area (Å²) in [6.45, 7) is 0.937. The summed E-state index contributed by atoms with van der Waals surface area (Å²) in [5.41, 5.74) is 2.19. The van der Waals surface area contributed by atoms with Crippen molar-refractivity contribution in [2.75, 3.05) is 6.54 Å². The van der Waals surface area contributed by atoms with Gasteiger partial charge in [0.2, 0.25) is 0 Å². The number of nitrogens with zero attached hydrogens (tertiary/aromatic N) is 1. The summed E-state index contributed by atoms with van der Waals surface area (Å²) < 4.78 is 0. The molecule has 2 aromatic rings. The molecule has 2 aliphatic heterocycles. The summed E-state index contributed by atoms with van der Waals surface area (Å²) in [7, 11) is 0. The van der Waals surface area contributed by atoms with Crippen LogP contribution in [0.25, 0.3) is 10.8 Å². The monoisotopic (exact) mass is 237 g/mol. The van der Waals surface area contributed by atoms with E-state index in [9.17, 15) is 4.79 Å². The first-order valence-corrected chi connectivity index (χ1v) is 6.66. The number of amides is 1. The fourth-order valence-electron chi connectivity index (χ4n) is 3.45. The Hall–Kier alpha value is -1.83. The van der Waals surface area contributed by atoms with Crippen LogP contribution in [-0.2, 0) is 6.42 Å². The van der Waals surface area contributed by atoms with Crippen molar-refractivity contribution in [2.45, 2.75) is 25.3 Å². The Bertz CT molecular complexity index is 647. The number of carbonyl (C=O) groups is 1. The van der Waals surface area contributed by atoms with Crippen LogP contribution in [0.15, 0.2) is 36.4 Å². The lowest BCUT2D eigenvalue weighted by atomic mass is 9.90. The average Bonchev–Trinajstić information content (AvgIpc) is 2.87. The summed E-state index contributed by atoms with van der Waals surface area (Å²) in [5.74, 6) is 0.246. The van der Waals surface area contributed by atoms with E-state index in [1.807, 2.05) is 12.1 Å². The van der Waals surface area contributed by atoms with Gasteiger partial charge in [-0.1, -0.05) is 36.4 Å². The van der Waals surface area contributed by atoms with Crippen molar-refractivity contribution in [1.29, 1.82) is 0 Å². The number of hydrogen-bond acceptors (Lipinski definition) is 1. The van der Waals surface area contributed by atoms with Crippen LogP contribution >= 0.6 is 0 Å². The van der Waals surface area contributed by atoms with Gasteiger partial charge in [0.1, 0.15) is 0 Å². The van der Waals surface area contributed by atoms with Gasteiger partial charge in [-0.05, 0) is 35.6 Å². The highest BCUT2D eigenvalue weighted by Gasteiger charge is 2.36. The topological polar surface area (TPSA) is 20.3 Å². The van der Waals surface area contributed by atoms with Gasteiger partial charge in [-0.25, -0.2) is 0 Å². The number of hydrogen-bond donors (Lipinski definition) is 0. The molecule has 2 heteroatoms. The number of rotatable bonds is 0. The van der Waals surface area contributed by atoms with Gasteiger partial charge in [-0.3, -0.25) is 4.79 Å². The lowest BCUT2D eigenvalue weighted by Crippen LogP contribution is -2.41. The van der Waals surface area contributed by atoms with Crippen LogP contribution in [0.1, 0.15) is 28.8 Å². The predicted molar refractivity (Wildman–Crippen MR) is 71.7 cm³/mol. The molecule has 0 aliphatic carbocycles. The van der Waals surface area contributed by atoms with Crippen LogP contribution in [0.3, 0.4) is 0 Å². The Morgan fingerprint density at radius 1 is 1.11 bits per heavy atom. The van der Waals surface area contributed by atoms with Crippen molar-refractivity contribution in [3.63, 3.8) is 0 Å². The summed E-state index contributed by atoms with van der Waals surface area (Å²) in [4.78, 5) is 14.7. The maximum absolute atomic E-state index is 12.6. The van der Waals surface area contributed by atoms with Gasteiger partial charge in [0.15, 0.2) is 0 Å². The van der Waals surface area contributed by atoms with Crippen LogP contribution in [0.4, 0.5) is 0 Å². The van der Waals surface area contributed by atoms with Gasteiger partial charge >= 0.3 is 0 Å². The van der Waals surface area contributed by atoms with Crippen molar-refractivity contribution >= 4 is 16.7 Å². The lowest BCUT2D eigenvalue weighted by Gasteiger charge is -2.31. The third-order valence-electron chi connectivity index (χ3n) is 4.32. The Balaban J connectivity index is 1.99. The molecule has 0 N–H and O–H groups in total. The smallest absolute Gasteiger partial charge is 0.255 e. The highest BCUT2D eigenvalue weighted by Crippen LogP contribution is 2.33. The molecule has 2 heterocycles. The predicted octanol–water partition coefficient (Wildman–Crippen LogP) is 3.00. The number of carbonyl (C=O) groups excluding carboxylic acids is 1. The standard InChI is InChI=1S/C16H15NO/c18-16-15-12(10-13-5-3-9-17(13)16)8-7-11-4-1-2-6-14(11)15/h1-2,4,6-8,13H,3,5,9-10H2/t13-/m1/s1. The Morgan fingerprint density at radius 3 is 2.94 bits per heavy atom. The first-order valence-electron chi connectivity index (χ1n) is 6.66. The van der Waals surface area contributed by atoms with Gasteiger partial charge in [0, 0.05) is 12.6 Å². The van der Waals surface area contributed by atoms with Crippen molar-refractivity contribution in [2.24, 2.45) is 0 Å². The van der Waals surface area contributed by atoms with Crippen molar-refractivity contribution < 1.29 is 4.79 Å². The summed E-state index contributed by atoms with van der Waals surface area (Å²) in [6.07, 6.45) is 3.35. The Labute approximate surface area is 106 Å². The molecule has 2 nitrogen and oxygen atoms in total. The quantitative estimate of drug-likeness (QED) is 0.689. The first kappa shape index (κ1) is 10.1. The molecule has 1 fully saturated rings. The van der Waals surface area contributed by atoms with E-state index in [2.05, 4.69) is 29.2 Å². The third kappa shape index (κ3) is 1.26. The van der Waals surface area contributed by atoms with Gasteiger partial charge in [0.05, 0.1) is 5.56 Å². The molecular weight excluding hydrogens is 222 g/mol. The summed E-state index contributed by atoms with van der Waals surface area (Å²) in [5, 5.41) is 2.28. The van der Waals surface area contributed by atoms with E-state index in [-0.39, 0.29) is 5.91 Å². The second-order valence-electron chi connectivity index (χ2n) is 5.32. The molecule has 2 aliphatic rings. The largest absolute Gasteiger partial charge is 0.335 e. The van der Waals surface area contributed by atoms with Crippen LogP contribution in [0, 0.1) is 0 Å². The highest BCUT2D eigenvalue weighted by molar-refractivity contribution is 6.09. The number of benzene rings is 2. The zero-order valence-corrected chi connectivity index (χ0v) is 10.2. The van der Waals surface area contributed by atoms with Gasteiger partial charge in [-0.2, -0.15) is 0 Å². The van der Waals surface area contributed by atoms with Gasteiger partial charge in [0.25, 0.3) is 5.91 Å². The molecule has 1 saturated heterocycles. The summed E-state index contributed by atoms with van der Waals surface area (Å²) >= 11 is 0. The van der Waals surface area contributed by atoms with E-state index in [1.165, 1.54) is 10.9 Å². The maximum atomic E-state index is 12.6. The molecule has 4 rings (SSSR count). The average molecular weight is 237 g/mol. The third-order valence-corrected chi connectivity index (χ3v) is 4.32. The van der Waals surface area contributed by atoms with Crippen LogP contribution < -0.4 is 0 Å². The van der Waals surface area contributed by atoms with E-state index in [4.69, 9.17) is 0 Å². The van der Waals surface area contributed by atoms with Crippen LogP contribution in [0.5, 0.6) is 0 Å². The fourth-order valence-corrected chi connectivity index (χ4v) is 3.45. The molecule has 2 aromatic carbocycles. The minimum atomic E-state index is 0.246. The van der Waals surface area contributed by atoms with E-state index in [0.29, 0.717) is 6.04 Å². The fraction of sp³-hybridized carbons (Fsp3) is 0.312. The molecule has 1 amide bonds. The molecule has 0 bridgehead atoms. The zero-order chi connectivity index (χ0) is 12.1. The molecule has 1 atom stereocenters.